The van der Waals surface area contributed by atoms with Gasteiger partial charge in [0.1, 0.15) is 11.3 Å². The van der Waals surface area contributed by atoms with Gasteiger partial charge in [0.15, 0.2) is 5.65 Å². The number of aryl methyl sites for hydroxylation is 2. The highest BCUT2D eigenvalue weighted by Gasteiger charge is 2.16. The highest BCUT2D eigenvalue weighted by atomic mass is 79.9. The fourth-order valence-corrected chi connectivity index (χ4v) is 2.89. The number of halogens is 2. The number of nitrogens with zero attached hydrogens (tertiary/aromatic N) is 4. The van der Waals surface area contributed by atoms with Gasteiger partial charge in [-0.3, -0.25) is 4.68 Å². The summed E-state index contributed by atoms with van der Waals surface area (Å²) in [4.78, 5) is 4.60. The number of fused-ring (bicyclic) bond motifs is 1. The van der Waals surface area contributed by atoms with Crippen LogP contribution < -0.4 is 0 Å². The molecule has 104 valence electrons. The summed E-state index contributed by atoms with van der Waals surface area (Å²) in [6, 6.07) is 8.27. The molecule has 0 amide bonds. The van der Waals surface area contributed by atoms with Crippen LogP contribution in [0.4, 0.5) is 0 Å². The second-order valence-corrected chi connectivity index (χ2v) is 5.94. The number of rotatable bonds is 3. The Labute approximate surface area is 130 Å². The van der Waals surface area contributed by atoms with Crippen LogP contribution in [0.5, 0.6) is 0 Å². The van der Waals surface area contributed by atoms with E-state index in [0.717, 1.165) is 33.7 Å². The van der Waals surface area contributed by atoms with E-state index in [9.17, 15) is 0 Å². The molecule has 2 aromatic heterocycles. The lowest BCUT2D eigenvalue weighted by Gasteiger charge is -2.08. The summed E-state index contributed by atoms with van der Waals surface area (Å²) in [5.74, 6) is 1.27. The van der Waals surface area contributed by atoms with E-state index in [1.54, 1.807) is 0 Å². The molecule has 1 aromatic carbocycles. The molecule has 0 aliphatic carbocycles. The van der Waals surface area contributed by atoms with Gasteiger partial charge < -0.3 is 4.57 Å². The first-order valence-electron chi connectivity index (χ1n) is 6.29. The summed E-state index contributed by atoms with van der Waals surface area (Å²) in [6.07, 6.45) is 0. The molecular formula is C14H14BrClN4. The van der Waals surface area contributed by atoms with Crippen molar-refractivity contribution in [3.63, 3.8) is 0 Å². The highest BCUT2D eigenvalue weighted by Crippen LogP contribution is 2.22. The number of alkyl halides is 1. The Kier molecular flexibility index (Phi) is 3.56. The largest absolute Gasteiger partial charge is 0.307 e. The Morgan fingerprint density at radius 3 is 2.60 bits per heavy atom. The second-order valence-electron chi connectivity index (χ2n) is 4.76. The molecule has 2 heterocycles. The lowest BCUT2D eigenvalue weighted by molar-refractivity contribution is 0.702. The third-order valence-corrected chi connectivity index (χ3v) is 4.11. The first kappa shape index (κ1) is 13.6. The molecule has 20 heavy (non-hydrogen) atoms. The Morgan fingerprint density at radius 2 is 1.95 bits per heavy atom. The van der Waals surface area contributed by atoms with E-state index in [1.165, 1.54) is 5.56 Å². The molecule has 0 aliphatic rings. The molecule has 0 bridgehead atoms. The quantitative estimate of drug-likeness (QED) is 0.674. The van der Waals surface area contributed by atoms with E-state index in [0.29, 0.717) is 5.88 Å². The topological polar surface area (TPSA) is 35.6 Å². The summed E-state index contributed by atoms with van der Waals surface area (Å²) in [5.41, 5.74) is 4.09. The molecule has 0 radical (unpaired) electrons. The van der Waals surface area contributed by atoms with Crippen LogP contribution in [0.25, 0.3) is 11.2 Å². The molecule has 3 aromatic rings. The Hall–Kier alpha value is -1.33. The summed E-state index contributed by atoms with van der Waals surface area (Å²) in [7, 11) is 1.94. The molecule has 0 atom stereocenters. The van der Waals surface area contributed by atoms with Gasteiger partial charge in [0.2, 0.25) is 0 Å². The second kappa shape index (κ2) is 5.22. The highest BCUT2D eigenvalue weighted by molar-refractivity contribution is 9.10. The minimum Gasteiger partial charge on any atom is -0.307 e. The van der Waals surface area contributed by atoms with Crippen molar-refractivity contribution in [3.8, 4) is 0 Å². The molecule has 0 aliphatic heterocycles. The van der Waals surface area contributed by atoms with E-state index in [4.69, 9.17) is 11.6 Å². The minimum absolute atomic E-state index is 0.394. The van der Waals surface area contributed by atoms with Crippen LogP contribution in [0.15, 0.2) is 28.7 Å². The van der Waals surface area contributed by atoms with Crippen LogP contribution in [-0.2, 0) is 19.5 Å². The van der Waals surface area contributed by atoms with E-state index < -0.39 is 0 Å². The van der Waals surface area contributed by atoms with Gasteiger partial charge in [-0.15, -0.1) is 11.6 Å². The molecule has 6 heteroatoms. The first-order chi connectivity index (χ1) is 9.60. The third-order valence-electron chi connectivity index (χ3n) is 3.34. The number of aromatic nitrogens is 4. The summed E-state index contributed by atoms with van der Waals surface area (Å²) in [6.45, 7) is 2.71. The van der Waals surface area contributed by atoms with Crippen molar-refractivity contribution >= 4 is 38.7 Å². The SMILES string of the molecule is Cc1nn(C)c2c1nc(CCl)n2Cc1ccc(Br)cc1. The van der Waals surface area contributed by atoms with E-state index in [2.05, 4.69) is 42.7 Å². The lowest BCUT2D eigenvalue weighted by atomic mass is 10.2. The van der Waals surface area contributed by atoms with Gasteiger partial charge in [0.25, 0.3) is 0 Å². The van der Waals surface area contributed by atoms with Gasteiger partial charge in [-0.2, -0.15) is 5.10 Å². The molecular weight excluding hydrogens is 340 g/mol. The lowest BCUT2D eigenvalue weighted by Crippen LogP contribution is -2.07. The van der Waals surface area contributed by atoms with Crippen LogP contribution in [0.1, 0.15) is 17.1 Å². The zero-order valence-electron chi connectivity index (χ0n) is 11.3. The minimum atomic E-state index is 0.394. The average molecular weight is 354 g/mol. The number of hydrogen-bond acceptors (Lipinski definition) is 2. The van der Waals surface area contributed by atoms with E-state index >= 15 is 0 Å². The van der Waals surface area contributed by atoms with Crippen molar-refractivity contribution in [1.29, 1.82) is 0 Å². The number of benzene rings is 1. The summed E-state index contributed by atoms with van der Waals surface area (Å²) in [5, 5.41) is 4.42. The molecule has 4 nitrogen and oxygen atoms in total. The van der Waals surface area contributed by atoms with Crippen molar-refractivity contribution in [2.24, 2.45) is 7.05 Å². The van der Waals surface area contributed by atoms with Gasteiger partial charge in [-0.05, 0) is 24.6 Å². The van der Waals surface area contributed by atoms with Crippen LogP contribution in [0, 0.1) is 6.92 Å². The Morgan fingerprint density at radius 1 is 1.25 bits per heavy atom. The number of imidazole rings is 1. The number of hydrogen-bond donors (Lipinski definition) is 0. The van der Waals surface area contributed by atoms with Gasteiger partial charge >= 0.3 is 0 Å². The predicted molar refractivity (Wildman–Crippen MR) is 84.0 cm³/mol. The predicted octanol–water partition coefficient (Wildman–Crippen LogP) is 3.63. The average Bonchev–Trinajstić information content (AvgIpc) is 2.92. The van der Waals surface area contributed by atoms with Gasteiger partial charge in [-0.25, -0.2) is 4.98 Å². The smallest absolute Gasteiger partial charge is 0.159 e. The monoisotopic (exact) mass is 352 g/mol. The normalized spacial score (nSPS) is 11.4. The maximum atomic E-state index is 6.04. The Bertz CT molecular complexity index is 758. The molecule has 0 spiro atoms. The van der Waals surface area contributed by atoms with E-state index in [1.807, 2.05) is 30.8 Å². The molecule has 0 fully saturated rings. The molecule has 0 N–H and O–H groups in total. The van der Waals surface area contributed by atoms with Crippen molar-refractivity contribution < 1.29 is 0 Å². The van der Waals surface area contributed by atoms with Gasteiger partial charge in [-0.1, -0.05) is 28.1 Å². The van der Waals surface area contributed by atoms with Crippen LogP contribution >= 0.6 is 27.5 Å². The van der Waals surface area contributed by atoms with Crippen LogP contribution in [0.2, 0.25) is 0 Å². The van der Waals surface area contributed by atoms with Crippen molar-refractivity contribution in [1.82, 2.24) is 19.3 Å². The fourth-order valence-electron chi connectivity index (χ4n) is 2.42. The fraction of sp³-hybridized carbons (Fsp3) is 0.286. The van der Waals surface area contributed by atoms with E-state index in [-0.39, 0.29) is 0 Å². The Balaban J connectivity index is 2.11. The molecule has 0 saturated carbocycles. The van der Waals surface area contributed by atoms with Crippen LogP contribution in [0.3, 0.4) is 0 Å². The maximum absolute atomic E-state index is 6.04. The van der Waals surface area contributed by atoms with Crippen molar-refractivity contribution in [2.75, 3.05) is 0 Å². The molecule has 0 saturated heterocycles. The maximum Gasteiger partial charge on any atom is 0.159 e. The summed E-state index contributed by atoms with van der Waals surface area (Å²) >= 11 is 9.49. The van der Waals surface area contributed by atoms with Crippen molar-refractivity contribution in [2.45, 2.75) is 19.3 Å². The first-order valence-corrected chi connectivity index (χ1v) is 7.62. The van der Waals surface area contributed by atoms with Crippen LogP contribution in [-0.4, -0.2) is 19.3 Å². The van der Waals surface area contributed by atoms with Gasteiger partial charge in [0.05, 0.1) is 18.1 Å². The zero-order chi connectivity index (χ0) is 14.3. The standard InChI is InChI=1S/C14H14BrClN4/c1-9-13-14(19(2)18-9)20(12(7-16)17-13)8-10-3-5-11(15)6-4-10/h3-6H,7-8H2,1-2H3. The molecule has 0 unspecified atom stereocenters. The summed E-state index contributed by atoms with van der Waals surface area (Å²) < 4.78 is 5.07. The third kappa shape index (κ3) is 2.25. The zero-order valence-corrected chi connectivity index (χ0v) is 13.6. The van der Waals surface area contributed by atoms with Gasteiger partial charge in [0, 0.05) is 11.5 Å². The molecule has 3 rings (SSSR count). The van der Waals surface area contributed by atoms with Crippen molar-refractivity contribution in [3.05, 3.63) is 45.8 Å².